The number of hydrogen-bond acceptors (Lipinski definition) is 6. The van der Waals surface area contributed by atoms with Crippen LogP contribution in [-0.4, -0.2) is 41.8 Å². The maximum Gasteiger partial charge on any atom is 0.319 e. The van der Waals surface area contributed by atoms with Crippen LogP contribution < -0.4 is 15.4 Å². The zero-order chi connectivity index (χ0) is 43.2. The van der Waals surface area contributed by atoms with Gasteiger partial charge >= 0.3 is 6.03 Å². The number of ether oxygens (including phenoxy) is 3. The van der Waals surface area contributed by atoms with Crippen LogP contribution in [0.25, 0.3) is 11.1 Å². The number of urea groups is 1. The van der Waals surface area contributed by atoms with Gasteiger partial charge in [-0.15, -0.1) is 0 Å². The van der Waals surface area contributed by atoms with Crippen LogP contribution in [-0.2, 0) is 22.6 Å². The quantitative estimate of drug-likeness (QED) is 0.0507. The zero-order valence-electron chi connectivity index (χ0n) is 37.1. The Morgan fingerprint density at radius 1 is 0.661 bits per heavy atom. The molecule has 0 saturated carbocycles. The van der Waals surface area contributed by atoms with E-state index < -0.39 is 6.29 Å². The molecule has 0 unspecified atom stereocenters. The first-order valence-corrected chi connectivity index (χ1v) is 23.3. The average Bonchev–Trinajstić information content (AvgIpc) is 3.31. The number of nitrogens with zero attached hydrogens (tertiary/aromatic N) is 1. The summed E-state index contributed by atoms with van der Waals surface area (Å²) >= 11 is 0. The van der Waals surface area contributed by atoms with E-state index >= 15 is 0 Å². The van der Waals surface area contributed by atoms with E-state index in [0.717, 1.165) is 65.2 Å². The molecular formula is C54H69N3O5. The molecule has 1 heterocycles. The minimum Gasteiger partial charge on any atom is -0.457 e. The van der Waals surface area contributed by atoms with Crippen molar-refractivity contribution in [2.45, 2.75) is 129 Å². The maximum absolute atomic E-state index is 13.0. The second kappa shape index (κ2) is 25.8. The van der Waals surface area contributed by atoms with Gasteiger partial charge in [-0.3, -0.25) is 0 Å². The smallest absolute Gasteiger partial charge is 0.319 e. The van der Waals surface area contributed by atoms with Gasteiger partial charge in [0.05, 0.1) is 18.8 Å². The summed E-state index contributed by atoms with van der Waals surface area (Å²) in [5.41, 5.74) is 6.76. The molecule has 0 bridgehead atoms. The van der Waals surface area contributed by atoms with Crippen LogP contribution in [0.2, 0.25) is 0 Å². The predicted octanol–water partition coefficient (Wildman–Crippen LogP) is 13.5. The lowest BCUT2D eigenvalue weighted by Crippen LogP contribution is -2.40. The zero-order valence-corrected chi connectivity index (χ0v) is 37.1. The molecule has 3 N–H and O–H groups in total. The van der Waals surface area contributed by atoms with Crippen LogP contribution >= 0.6 is 0 Å². The molecule has 1 aliphatic heterocycles. The Kier molecular flexibility index (Phi) is 19.4. The number of amides is 2. The molecule has 0 radical (unpaired) electrons. The SMILES string of the molecule is CCCCCCCCN(CCCCCCCC)C[C@@H]1C[C@H](c2ccc(CO)cc2)O[C@H](c2ccc(-c3ccccc3CNC(=O)Nc3ccc(Oc4ccccc4)cc3)cc2)O1. The van der Waals surface area contributed by atoms with E-state index in [-0.39, 0.29) is 24.8 Å². The second-order valence-electron chi connectivity index (χ2n) is 16.7. The fraction of sp³-hybridized carbons (Fsp3) is 0.426. The predicted molar refractivity (Wildman–Crippen MR) is 252 cm³/mol. The van der Waals surface area contributed by atoms with Gasteiger partial charge in [0, 0.05) is 30.8 Å². The summed E-state index contributed by atoms with van der Waals surface area (Å²) in [5.74, 6) is 1.45. The van der Waals surface area contributed by atoms with Crippen molar-refractivity contribution in [3.63, 3.8) is 0 Å². The van der Waals surface area contributed by atoms with Crippen molar-refractivity contribution >= 4 is 11.7 Å². The molecule has 330 valence electrons. The Balaban J connectivity index is 1.10. The van der Waals surface area contributed by atoms with E-state index in [9.17, 15) is 9.90 Å². The number of carbonyl (C=O) groups is 1. The standard InChI is InChI=1S/C54H69N3O5/c1-3-5-7-9-11-18-36-57(37-19-12-10-8-6-4-2)40-50-38-52(44-26-24-42(41-58)25-27-44)62-53(61-50)45-30-28-43(29-31-45)51-23-17-16-20-46(51)39-55-54(59)56-47-32-34-49(35-33-47)60-48-21-14-13-15-22-48/h13-17,20-35,50,52-53,58H,3-12,18-19,36-41H2,1-2H3,(H2,55,56,59)/t50-,52+,53+/m0/s1. The van der Waals surface area contributed by atoms with Gasteiger partial charge in [0.15, 0.2) is 6.29 Å². The van der Waals surface area contributed by atoms with Crippen LogP contribution in [0, 0.1) is 0 Å². The summed E-state index contributed by atoms with van der Waals surface area (Å²) in [7, 11) is 0. The highest BCUT2D eigenvalue weighted by Crippen LogP contribution is 2.39. The van der Waals surface area contributed by atoms with E-state index in [1.807, 2.05) is 84.9 Å². The number of rotatable bonds is 25. The Morgan fingerprint density at radius 3 is 1.92 bits per heavy atom. The molecule has 5 aromatic carbocycles. The first-order chi connectivity index (χ1) is 30.5. The van der Waals surface area contributed by atoms with Crippen molar-refractivity contribution in [3.05, 3.63) is 150 Å². The van der Waals surface area contributed by atoms with Crippen molar-refractivity contribution in [2.75, 3.05) is 25.0 Å². The largest absolute Gasteiger partial charge is 0.457 e. The van der Waals surface area contributed by atoms with Gasteiger partial charge < -0.3 is 34.9 Å². The Hall–Kier alpha value is -4.99. The number of aliphatic hydroxyl groups is 1. The minimum atomic E-state index is -0.519. The molecule has 1 saturated heterocycles. The van der Waals surface area contributed by atoms with Crippen LogP contribution in [0.3, 0.4) is 0 Å². The van der Waals surface area contributed by atoms with Crippen molar-refractivity contribution in [3.8, 4) is 22.6 Å². The number of nitrogens with one attached hydrogen (secondary N) is 2. The van der Waals surface area contributed by atoms with E-state index in [4.69, 9.17) is 14.2 Å². The molecule has 6 rings (SSSR count). The summed E-state index contributed by atoms with van der Waals surface area (Å²) in [4.78, 5) is 15.6. The van der Waals surface area contributed by atoms with E-state index in [1.54, 1.807) is 0 Å². The third-order valence-corrected chi connectivity index (χ3v) is 11.8. The maximum atomic E-state index is 13.0. The van der Waals surface area contributed by atoms with Gasteiger partial charge in [-0.05, 0) is 90.1 Å². The first kappa shape index (κ1) is 46.5. The third-order valence-electron chi connectivity index (χ3n) is 11.8. The molecule has 2 amide bonds. The number of para-hydroxylation sites is 1. The van der Waals surface area contributed by atoms with E-state index in [2.05, 4.69) is 71.8 Å². The van der Waals surface area contributed by atoms with Crippen molar-refractivity contribution in [2.24, 2.45) is 0 Å². The Bertz CT molecular complexity index is 1990. The number of aliphatic hydroxyl groups excluding tert-OH is 1. The summed E-state index contributed by atoms with van der Waals surface area (Å²) < 4.78 is 19.5. The molecule has 8 heteroatoms. The highest BCUT2D eigenvalue weighted by molar-refractivity contribution is 5.89. The summed E-state index contributed by atoms with van der Waals surface area (Å²) in [6.07, 6.45) is 15.6. The lowest BCUT2D eigenvalue weighted by molar-refractivity contribution is -0.253. The molecule has 1 fully saturated rings. The number of carbonyl (C=O) groups excluding carboxylic acids is 1. The normalized spacial score (nSPS) is 16.3. The number of hydrogen-bond donors (Lipinski definition) is 3. The van der Waals surface area contributed by atoms with E-state index in [1.165, 1.54) is 77.0 Å². The summed E-state index contributed by atoms with van der Waals surface area (Å²) in [6, 6.07) is 41.4. The summed E-state index contributed by atoms with van der Waals surface area (Å²) in [6.45, 7) is 8.02. The molecule has 62 heavy (non-hydrogen) atoms. The molecule has 1 aliphatic rings. The van der Waals surface area contributed by atoms with Crippen LogP contribution in [0.15, 0.2) is 127 Å². The topological polar surface area (TPSA) is 92.3 Å². The van der Waals surface area contributed by atoms with Crippen LogP contribution in [0.1, 0.15) is 132 Å². The van der Waals surface area contributed by atoms with Gasteiger partial charge in [-0.2, -0.15) is 0 Å². The highest BCUT2D eigenvalue weighted by atomic mass is 16.7. The Labute approximate surface area is 371 Å². The number of anilines is 1. The Morgan fingerprint density at radius 2 is 1.26 bits per heavy atom. The van der Waals surface area contributed by atoms with Crippen molar-refractivity contribution in [1.82, 2.24) is 10.2 Å². The lowest BCUT2D eigenvalue weighted by Gasteiger charge is -2.38. The fourth-order valence-corrected chi connectivity index (χ4v) is 8.20. The number of unbranched alkanes of at least 4 members (excludes halogenated alkanes) is 10. The van der Waals surface area contributed by atoms with E-state index in [0.29, 0.717) is 18.0 Å². The second-order valence-corrected chi connectivity index (χ2v) is 16.7. The molecule has 8 nitrogen and oxygen atoms in total. The fourth-order valence-electron chi connectivity index (χ4n) is 8.20. The molecule has 5 aromatic rings. The average molecular weight is 840 g/mol. The van der Waals surface area contributed by atoms with Crippen molar-refractivity contribution in [1.29, 1.82) is 0 Å². The van der Waals surface area contributed by atoms with Gasteiger partial charge in [0.1, 0.15) is 11.5 Å². The van der Waals surface area contributed by atoms with Gasteiger partial charge in [0.2, 0.25) is 0 Å². The van der Waals surface area contributed by atoms with Gasteiger partial charge in [-0.25, -0.2) is 4.79 Å². The molecule has 0 aromatic heterocycles. The highest BCUT2D eigenvalue weighted by Gasteiger charge is 2.33. The van der Waals surface area contributed by atoms with Gasteiger partial charge in [0.25, 0.3) is 0 Å². The molecular weight excluding hydrogens is 771 g/mol. The lowest BCUT2D eigenvalue weighted by atomic mass is 9.97. The monoisotopic (exact) mass is 840 g/mol. The van der Waals surface area contributed by atoms with Crippen LogP contribution in [0.5, 0.6) is 11.5 Å². The third kappa shape index (κ3) is 15.1. The van der Waals surface area contributed by atoms with Gasteiger partial charge in [-0.1, -0.05) is 169 Å². The molecule has 3 atom stereocenters. The minimum absolute atomic E-state index is 0.00892. The number of benzene rings is 5. The first-order valence-electron chi connectivity index (χ1n) is 23.3. The van der Waals surface area contributed by atoms with Crippen LogP contribution in [0.4, 0.5) is 10.5 Å². The molecule has 0 aliphatic carbocycles. The van der Waals surface area contributed by atoms with Crippen molar-refractivity contribution < 1.29 is 24.1 Å². The molecule has 0 spiro atoms. The summed E-state index contributed by atoms with van der Waals surface area (Å²) in [5, 5.41) is 15.7.